The Labute approximate surface area is 141 Å². The Morgan fingerprint density at radius 3 is 2.60 bits per heavy atom. The molecular formula is C17H14F2N2O4. The number of rotatable bonds is 4. The highest BCUT2D eigenvalue weighted by atomic mass is 19.2. The number of carbonyl (C=O) groups is 2. The van der Waals surface area contributed by atoms with Crippen LogP contribution in [0, 0.1) is 11.6 Å². The van der Waals surface area contributed by atoms with Crippen LogP contribution in [-0.4, -0.2) is 31.1 Å². The summed E-state index contributed by atoms with van der Waals surface area (Å²) in [7, 11) is 0. The van der Waals surface area contributed by atoms with Crippen molar-refractivity contribution in [3.05, 3.63) is 54.1 Å². The Hall–Kier alpha value is -3.16. The van der Waals surface area contributed by atoms with E-state index in [1.807, 2.05) is 0 Å². The molecule has 3 rings (SSSR count). The summed E-state index contributed by atoms with van der Waals surface area (Å²) in [6, 6.07) is 9.89. The number of benzene rings is 2. The van der Waals surface area contributed by atoms with Gasteiger partial charge in [0.1, 0.15) is 6.61 Å². The molecule has 1 heterocycles. The molecule has 0 radical (unpaired) electrons. The van der Waals surface area contributed by atoms with E-state index in [1.165, 1.54) is 6.07 Å². The smallest absolute Gasteiger partial charge is 0.265 e. The summed E-state index contributed by atoms with van der Waals surface area (Å²) >= 11 is 0. The van der Waals surface area contributed by atoms with Gasteiger partial charge in [0.05, 0.1) is 6.54 Å². The number of ether oxygens (including phenoxy) is 2. The zero-order valence-corrected chi connectivity index (χ0v) is 12.9. The monoisotopic (exact) mass is 348 g/mol. The lowest BCUT2D eigenvalue weighted by molar-refractivity contribution is -0.131. The lowest BCUT2D eigenvalue weighted by Crippen LogP contribution is -2.46. The van der Waals surface area contributed by atoms with Crippen LogP contribution in [0.3, 0.4) is 0 Å². The fourth-order valence-corrected chi connectivity index (χ4v) is 2.21. The van der Waals surface area contributed by atoms with E-state index in [0.717, 1.165) is 12.1 Å². The fourth-order valence-electron chi connectivity index (χ4n) is 2.21. The van der Waals surface area contributed by atoms with Gasteiger partial charge in [0.15, 0.2) is 23.1 Å². The normalized spacial score (nSPS) is 15.4. The van der Waals surface area contributed by atoms with Crippen LogP contribution < -0.4 is 20.1 Å². The van der Waals surface area contributed by atoms with E-state index in [-0.39, 0.29) is 18.8 Å². The molecule has 0 saturated heterocycles. The van der Waals surface area contributed by atoms with Gasteiger partial charge in [-0.2, -0.15) is 0 Å². The van der Waals surface area contributed by atoms with Crippen molar-refractivity contribution < 1.29 is 27.8 Å². The molecule has 0 spiro atoms. The predicted molar refractivity (Wildman–Crippen MR) is 84.4 cm³/mol. The minimum Gasteiger partial charge on any atom is -0.485 e. The summed E-state index contributed by atoms with van der Waals surface area (Å²) in [5, 5.41) is 4.76. The summed E-state index contributed by atoms with van der Waals surface area (Å²) in [4.78, 5) is 23.8. The lowest BCUT2D eigenvalue weighted by atomic mass is 10.2. The molecule has 1 unspecified atom stereocenters. The molecule has 0 bridgehead atoms. The minimum atomic E-state index is -1.08. The summed E-state index contributed by atoms with van der Waals surface area (Å²) in [6.07, 6.45) is -0.883. The number of halogens is 2. The van der Waals surface area contributed by atoms with Crippen molar-refractivity contribution in [2.24, 2.45) is 0 Å². The van der Waals surface area contributed by atoms with Crippen molar-refractivity contribution in [1.82, 2.24) is 5.32 Å². The second-order valence-corrected chi connectivity index (χ2v) is 5.26. The molecule has 6 nitrogen and oxygen atoms in total. The van der Waals surface area contributed by atoms with Crippen LogP contribution in [0.4, 0.5) is 14.5 Å². The van der Waals surface area contributed by atoms with Crippen LogP contribution in [0.5, 0.6) is 11.5 Å². The maximum atomic E-state index is 13.1. The number of carbonyl (C=O) groups excluding carboxylic acids is 2. The summed E-state index contributed by atoms with van der Waals surface area (Å²) in [5.41, 5.74) is 0.0873. The standard InChI is InChI=1S/C17H14F2N2O4/c18-11-6-5-10(7-12(11)19)21-16(22)8-20-17(23)15-9-24-13-3-1-2-4-14(13)25-15/h1-7,15H,8-9H2,(H,20,23)(H,21,22). The van der Waals surface area contributed by atoms with Gasteiger partial charge >= 0.3 is 0 Å². The Bertz CT molecular complexity index is 813. The van der Waals surface area contributed by atoms with Crippen molar-refractivity contribution in [3.63, 3.8) is 0 Å². The highest BCUT2D eigenvalue weighted by molar-refractivity contribution is 5.95. The van der Waals surface area contributed by atoms with E-state index < -0.39 is 29.6 Å². The molecule has 25 heavy (non-hydrogen) atoms. The van der Waals surface area contributed by atoms with E-state index in [4.69, 9.17) is 9.47 Å². The quantitative estimate of drug-likeness (QED) is 0.884. The molecular weight excluding hydrogens is 334 g/mol. The first kappa shape index (κ1) is 16.7. The van der Waals surface area contributed by atoms with Crippen LogP contribution in [-0.2, 0) is 9.59 Å². The number of nitrogens with one attached hydrogen (secondary N) is 2. The van der Waals surface area contributed by atoms with Crippen LogP contribution in [0.15, 0.2) is 42.5 Å². The largest absolute Gasteiger partial charge is 0.485 e. The first-order chi connectivity index (χ1) is 12.0. The second-order valence-electron chi connectivity index (χ2n) is 5.26. The molecule has 130 valence electrons. The van der Waals surface area contributed by atoms with Gasteiger partial charge in [0.2, 0.25) is 12.0 Å². The molecule has 2 N–H and O–H groups in total. The number of hydrogen-bond donors (Lipinski definition) is 2. The van der Waals surface area contributed by atoms with Gasteiger partial charge in [0, 0.05) is 11.8 Å². The summed E-state index contributed by atoms with van der Waals surface area (Å²) in [6.45, 7) is -0.326. The average Bonchev–Trinajstić information content (AvgIpc) is 2.62. The molecule has 2 aromatic carbocycles. The maximum absolute atomic E-state index is 13.1. The van der Waals surface area contributed by atoms with Crippen molar-refractivity contribution in [3.8, 4) is 11.5 Å². The number of hydrogen-bond acceptors (Lipinski definition) is 4. The van der Waals surface area contributed by atoms with Crippen LogP contribution in [0.1, 0.15) is 0 Å². The van der Waals surface area contributed by atoms with Crippen molar-refractivity contribution >= 4 is 17.5 Å². The number of amides is 2. The van der Waals surface area contributed by atoms with E-state index >= 15 is 0 Å². The van der Waals surface area contributed by atoms with Gasteiger partial charge in [-0.3, -0.25) is 9.59 Å². The molecule has 1 atom stereocenters. The number of fused-ring (bicyclic) bond motifs is 1. The molecule has 1 aliphatic heterocycles. The van der Waals surface area contributed by atoms with Gasteiger partial charge < -0.3 is 20.1 Å². The van der Waals surface area contributed by atoms with Gasteiger partial charge in [-0.25, -0.2) is 8.78 Å². The van der Waals surface area contributed by atoms with Crippen molar-refractivity contribution in [2.45, 2.75) is 6.10 Å². The van der Waals surface area contributed by atoms with Crippen molar-refractivity contribution in [2.75, 3.05) is 18.5 Å². The SMILES string of the molecule is O=C(CNC(=O)C1COc2ccccc2O1)Nc1ccc(F)c(F)c1. The van der Waals surface area contributed by atoms with Crippen molar-refractivity contribution in [1.29, 1.82) is 0 Å². The zero-order valence-electron chi connectivity index (χ0n) is 12.9. The number of para-hydroxylation sites is 2. The predicted octanol–water partition coefficient (Wildman–Crippen LogP) is 1.86. The second kappa shape index (κ2) is 7.16. The number of anilines is 1. The molecule has 0 aliphatic carbocycles. The van der Waals surface area contributed by atoms with E-state index in [2.05, 4.69) is 10.6 Å². The van der Waals surface area contributed by atoms with E-state index in [9.17, 15) is 18.4 Å². The Morgan fingerprint density at radius 1 is 1.08 bits per heavy atom. The Morgan fingerprint density at radius 2 is 1.84 bits per heavy atom. The highest BCUT2D eigenvalue weighted by Crippen LogP contribution is 2.30. The first-order valence-electron chi connectivity index (χ1n) is 7.44. The van der Waals surface area contributed by atoms with E-state index in [0.29, 0.717) is 11.5 Å². The molecule has 0 fully saturated rings. The lowest BCUT2D eigenvalue weighted by Gasteiger charge is -2.25. The molecule has 8 heteroatoms. The van der Waals surface area contributed by atoms with Crippen LogP contribution in [0.25, 0.3) is 0 Å². The third-order valence-corrected chi connectivity index (χ3v) is 3.43. The minimum absolute atomic E-state index is 0.0215. The third-order valence-electron chi connectivity index (χ3n) is 3.43. The average molecular weight is 348 g/mol. The maximum Gasteiger partial charge on any atom is 0.265 e. The molecule has 2 aromatic rings. The highest BCUT2D eigenvalue weighted by Gasteiger charge is 2.27. The topological polar surface area (TPSA) is 76.7 Å². The van der Waals surface area contributed by atoms with Gasteiger partial charge in [-0.1, -0.05) is 12.1 Å². The third kappa shape index (κ3) is 4.03. The molecule has 2 amide bonds. The molecule has 0 aromatic heterocycles. The summed E-state index contributed by atoms with van der Waals surface area (Å²) < 4.78 is 36.8. The summed E-state index contributed by atoms with van der Waals surface area (Å²) in [5.74, 6) is -2.21. The Balaban J connectivity index is 1.50. The zero-order chi connectivity index (χ0) is 17.8. The first-order valence-corrected chi connectivity index (χ1v) is 7.44. The van der Waals surface area contributed by atoms with Gasteiger partial charge in [-0.05, 0) is 24.3 Å². The fraction of sp³-hybridized carbons (Fsp3) is 0.176. The van der Waals surface area contributed by atoms with Gasteiger partial charge in [-0.15, -0.1) is 0 Å². The molecule has 1 aliphatic rings. The Kier molecular flexibility index (Phi) is 4.78. The van der Waals surface area contributed by atoms with Crippen LogP contribution in [0.2, 0.25) is 0 Å². The molecule has 0 saturated carbocycles. The van der Waals surface area contributed by atoms with E-state index in [1.54, 1.807) is 24.3 Å². The van der Waals surface area contributed by atoms with Gasteiger partial charge in [0.25, 0.3) is 5.91 Å². The van der Waals surface area contributed by atoms with Crippen LogP contribution >= 0.6 is 0 Å².